The summed E-state index contributed by atoms with van der Waals surface area (Å²) < 4.78 is 31.2. The molecule has 6 heteroatoms. The number of ether oxygens (including phenoxy) is 1. The van der Waals surface area contributed by atoms with E-state index in [0.29, 0.717) is 19.1 Å². The molecule has 5 nitrogen and oxygen atoms in total. The quantitative estimate of drug-likeness (QED) is 0.699. The van der Waals surface area contributed by atoms with Gasteiger partial charge >= 0.3 is 0 Å². The third kappa shape index (κ3) is 5.39. The molecule has 2 rings (SSSR count). The van der Waals surface area contributed by atoms with E-state index in [-0.39, 0.29) is 12.4 Å². The monoisotopic (exact) mass is 313 g/mol. The van der Waals surface area contributed by atoms with Crippen molar-refractivity contribution in [1.82, 2.24) is 4.31 Å². The van der Waals surface area contributed by atoms with Gasteiger partial charge in [-0.05, 0) is 29.9 Å². The first-order valence-electron chi connectivity index (χ1n) is 7.21. The predicted octanol–water partition coefficient (Wildman–Crippen LogP) is 1.37. The van der Waals surface area contributed by atoms with Gasteiger partial charge in [0.25, 0.3) is 0 Å². The van der Waals surface area contributed by atoms with Gasteiger partial charge in [0.1, 0.15) is 0 Å². The van der Waals surface area contributed by atoms with Crippen LogP contribution in [-0.2, 0) is 27.1 Å². The lowest BCUT2D eigenvalue weighted by molar-refractivity contribution is 0.117. The maximum atomic E-state index is 12.2. The second kappa shape index (κ2) is 7.35. The fraction of sp³-hybridized carbons (Fsp3) is 0.600. The molecule has 1 N–H and O–H groups in total. The van der Waals surface area contributed by atoms with Crippen molar-refractivity contribution in [2.75, 3.05) is 26.8 Å². The smallest absolute Gasteiger partial charge is 0.218 e. The molecular weight excluding hydrogens is 290 g/mol. The molecule has 118 valence electrons. The van der Waals surface area contributed by atoms with E-state index in [9.17, 15) is 8.42 Å². The molecule has 1 aliphatic carbocycles. The minimum absolute atomic E-state index is 0.0299. The fourth-order valence-electron chi connectivity index (χ4n) is 1.93. The summed E-state index contributed by atoms with van der Waals surface area (Å²) in [6.45, 7) is 1.53. The number of sulfonamides is 1. The van der Waals surface area contributed by atoms with Crippen LogP contribution in [0.25, 0.3) is 0 Å². The molecule has 0 spiro atoms. The van der Waals surface area contributed by atoms with Crippen molar-refractivity contribution in [2.24, 2.45) is 5.92 Å². The average Bonchev–Trinajstić information content (AvgIpc) is 3.28. The summed E-state index contributed by atoms with van der Waals surface area (Å²) in [5, 5.41) is 8.97. The van der Waals surface area contributed by atoms with Gasteiger partial charge < -0.3 is 9.84 Å². The molecule has 1 aromatic rings. The topological polar surface area (TPSA) is 66.8 Å². The zero-order chi connectivity index (χ0) is 15.3. The molecule has 21 heavy (non-hydrogen) atoms. The first-order chi connectivity index (χ1) is 10.0. The average molecular weight is 313 g/mol. The zero-order valence-electron chi connectivity index (χ0n) is 12.4. The minimum atomic E-state index is -3.33. The summed E-state index contributed by atoms with van der Waals surface area (Å²) in [7, 11) is -1.75. The first-order valence-corrected chi connectivity index (χ1v) is 8.82. The summed E-state index contributed by atoms with van der Waals surface area (Å²) in [4.78, 5) is 0. The van der Waals surface area contributed by atoms with Crippen molar-refractivity contribution in [1.29, 1.82) is 0 Å². The number of hydrogen-bond donors (Lipinski definition) is 1. The van der Waals surface area contributed by atoms with Crippen molar-refractivity contribution in [3.05, 3.63) is 35.4 Å². The summed E-state index contributed by atoms with van der Waals surface area (Å²) in [5.74, 6) is 0.662. The molecule has 0 aliphatic heterocycles. The van der Waals surface area contributed by atoms with Gasteiger partial charge in [0.05, 0.1) is 19.0 Å². The van der Waals surface area contributed by atoms with Crippen LogP contribution in [0, 0.1) is 5.92 Å². The molecule has 0 aromatic heterocycles. The van der Waals surface area contributed by atoms with Crippen LogP contribution in [0.4, 0.5) is 0 Å². The fourth-order valence-corrected chi connectivity index (χ4v) is 3.12. The van der Waals surface area contributed by atoms with Crippen molar-refractivity contribution < 1.29 is 18.3 Å². The Morgan fingerprint density at radius 3 is 2.43 bits per heavy atom. The van der Waals surface area contributed by atoms with E-state index >= 15 is 0 Å². The van der Waals surface area contributed by atoms with Gasteiger partial charge in [-0.25, -0.2) is 12.7 Å². The second-order valence-electron chi connectivity index (χ2n) is 5.57. The highest BCUT2D eigenvalue weighted by Crippen LogP contribution is 2.28. The molecule has 1 aliphatic rings. The van der Waals surface area contributed by atoms with Gasteiger partial charge in [0.15, 0.2) is 0 Å². The van der Waals surface area contributed by atoms with Crippen LogP contribution in [0.2, 0.25) is 0 Å². The van der Waals surface area contributed by atoms with Crippen molar-refractivity contribution >= 4 is 10.0 Å². The van der Waals surface area contributed by atoms with Crippen LogP contribution in [0.15, 0.2) is 24.3 Å². The Kier molecular flexibility index (Phi) is 5.75. The standard InChI is InChI=1S/C15H23NO4S/c1-16(8-9-20-11-14-4-5-14)21(18,19)12-15-6-2-13(10-17)3-7-15/h2-3,6-7,14,17H,4-5,8-12H2,1H3. The van der Waals surface area contributed by atoms with Gasteiger partial charge in [-0.3, -0.25) is 0 Å². The van der Waals surface area contributed by atoms with Crippen LogP contribution in [0.1, 0.15) is 24.0 Å². The predicted molar refractivity (Wildman–Crippen MR) is 81.2 cm³/mol. The molecule has 0 saturated heterocycles. The zero-order valence-corrected chi connectivity index (χ0v) is 13.2. The lowest BCUT2D eigenvalue weighted by Crippen LogP contribution is -2.31. The van der Waals surface area contributed by atoms with E-state index < -0.39 is 10.0 Å². The van der Waals surface area contributed by atoms with Crippen LogP contribution >= 0.6 is 0 Å². The van der Waals surface area contributed by atoms with Crippen molar-refractivity contribution in [3.63, 3.8) is 0 Å². The summed E-state index contributed by atoms with van der Waals surface area (Å²) in [6.07, 6.45) is 2.47. The van der Waals surface area contributed by atoms with Gasteiger partial charge in [-0.2, -0.15) is 0 Å². The van der Waals surface area contributed by atoms with E-state index in [1.807, 2.05) is 0 Å². The molecular formula is C15H23NO4S. The number of aliphatic hydroxyl groups is 1. The third-order valence-corrected chi connectivity index (χ3v) is 5.46. The second-order valence-corrected chi connectivity index (χ2v) is 7.65. The lowest BCUT2D eigenvalue weighted by atomic mass is 10.2. The van der Waals surface area contributed by atoms with Crippen molar-refractivity contribution in [2.45, 2.75) is 25.2 Å². The normalized spacial score (nSPS) is 15.6. The summed E-state index contributed by atoms with van der Waals surface area (Å²) in [5.41, 5.74) is 1.50. The van der Waals surface area contributed by atoms with Gasteiger partial charge in [-0.15, -0.1) is 0 Å². The number of hydrogen-bond acceptors (Lipinski definition) is 4. The SMILES string of the molecule is CN(CCOCC1CC1)S(=O)(=O)Cc1ccc(CO)cc1. The Morgan fingerprint density at radius 1 is 1.24 bits per heavy atom. The highest BCUT2D eigenvalue weighted by Gasteiger charge is 2.22. The van der Waals surface area contributed by atoms with Crippen LogP contribution < -0.4 is 0 Å². The number of rotatable bonds is 9. The molecule has 1 fully saturated rings. The van der Waals surface area contributed by atoms with E-state index in [1.54, 1.807) is 31.3 Å². The van der Waals surface area contributed by atoms with E-state index in [1.165, 1.54) is 17.1 Å². The molecule has 0 bridgehead atoms. The number of aliphatic hydroxyl groups excluding tert-OH is 1. The Labute approximate surface area is 126 Å². The molecule has 1 aromatic carbocycles. The van der Waals surface area contributed by atoms with Crippen molar-refractivity contribution in [3.8, 4) is 0 Å². The Hall–Kier alpha value is -0.950. The van der Waals surface area contributed by atoms with E-state index in [2.05, 4.69) is 0 Å². The number of benzene rings is 1. The maximum Gasteiger partial charge on any atom is 0.218 e. The summed E-state index contributed by atoms with van der Waals surface area (Å²) in [6, 6.07) is 6.95. The van der Waals surface area contributed by atoms with Gasteiger partial charge in [0.2, 0.25) is 10.0 Å². The number of nitrogens with zero attached hydrogens (tertiary/aromatic N) is 1. The largest absolute Gasteiger partial charge is 0.392 e. The molecule has 0 unspecified atom stereocenters. The molecule has 0 radical (unpaired) electrons. The highest BCUT2D eigenvalue weighted by molar-refractivity contribution is 7.88. The third-order valence-electron chi connectivity index (χ3n) is 3.63. The first kappa shape index (κ1) is 16.4. The number of likely N-dealkylation sites (N-methyl/N-ethyl adjacent to an activating group) is 1. The molecule has 0 amide bonds. The summed E-state index contributed by atoms with van der Waals surface area (Å²) >= 11 is 0. The molecule has 0 atom stereocenters. The highest BCUT2D eigenvalue weighted by atomic mass is 32.2. The van der Waals surface area contributed by atoms with Crippen LogP contribution in [0.5, 0.6) is 0 Å². The van der Waals surface area contributed by atoms with Crippen LogP contribution in [0.3, 0.4) is 0 Å². The van der Waals surface area contributed by atoms with E-state index in [0.717, 1.165) is 17.7 Å². The Balaban J connectivity index is 1.80. The molecule has 1 saturated carbocycles. The Bertz CT molecular complexity index is 537. The Morgan fingerprint density at radius 2 is 1.86 bits per heavy atom. The van der Waals surface area contributed by atoms with Gasteiger partial charge in [-0.1, -0.05) is 24.3 Å². The van der Waals surface area contributed by atoms with Gasteiger partial charge in [0, 0.05) is 20.2 Å². The van der Waals surface area contributed by atoms with Crippen LogP contribution in [-0.4, -0.2) is 44.6 Å². The van der Waals surface area contributed by atoms with E-state index in [4.69, 9.17) is 9.84 Å². The lowest BCUT2D eigenvalue weighted by Gasteiger charge is -2.17. The molecule has 0 heterocycles. The minimum Gasteiger partial charge on any atom is -0.392 e. The maximum absolute atomic E-state index is 12.2.